The molecule has 3 heterocycles. The molecule has 0 aliphatic heterocycles. The van der Waals surface area contributed by atoms with Gasteiger partial charge < -0.3 is 19.8 Å². The molecular weight excluding hydrogens is 576 g/mol. The van der Waals surface area contributed by atoms with Gasteiger partial charge in [0.1, 0.15) is 17.9 Å². The molecule has 1 aliphatic rings. The summed E-state index contributed by atoms with van der Waals surface area (Å²) in [6.45, 7) is 0.636. The third-order valence-electron chi connectivity index (χ3n) is 7.09. The lowest BCUT2D eigenvalue weighted by molar-refractivity contribution is -0.139. The number of ether oxygens (including phenoxy) is 1. The normalized spacial score (nSPS) is 12.5. The zero-order chi connectivity index (χ0) is 30.3. The fourth-order valence-corrected chi connectivity index (χ4v) is 5.76. The van der Waals surface area contributed by atoms with E-state index in [1.807, 2.05) is 42.5 Å². The van der Waals surface area contributed by atoms with Crippen LogP contribution in [-0.4, -0.2) is 40.6 Å². The average molecular weight is 607 g/mol. The maximum Gasteiger partial charge on any atom is 0.325 e. The summed E-state index contributed by atoms with van der Waals surface area (Å²) in [4.78, 5) is 37.8. The number of furan rings is 1. The van der Waals surface area contributed by atoms with Gasteiger partial charge in [0.2, 0.25) is 5.71 Å². The molecule has 0 radical (unpaired) electrons. The summed E-state index contributed by atoms with van der Waals surface area (Å²) in [6, 6.07) is 17.4. The minimum atomic E-state index is -0.417. The van der Waals surface area contributed by atoms with Crippen molar-refractivity contribution < 1.29 is 18.7 Å². The lowest BCUT2D eigenvalue weighted by atomic mass is 9.95. The van der Waals surface area contributed by atoms with Crippen LogP contribution in [0.1, 0.15) is 29.0 Å². The van der Waals surface area contributed by atoms with Crippen molar-refractivity contribution in [2.24, 2.45) is 0 Å². The zero-order valence-electron chi connectivity index (χ0n) is 24.0. The third kappa shape index (κ3) is 6.68. The number of rotatable bonds is 10. The number of amides is 2. The molecule has 5 aromatic rings. The van der Waals surface area contributed by atoms with Crippen LogP contribution in [-0.2, 0) is 22.4 Å². The summed E-state index contributed by atoms with van der Waals surface area (Å²) in [5, 5.41) is 10.3. The highest BCUT2D eigenvalue weighted by Crippen LogP contribution is 2.42. The summed E-state index contributed by atoms with van der Waals surface area (Å²) in [5.74, 6) is 1.20. The Labute approximate surface area is 257 Å². The van der Waals surface area contributed by atoms with E-state index in [0.717, 1.165) is 58.5 Å². The highest BCUT2D eigenvalue weighted by molar-refractivity contribution is 7.15. The van der Waals surface area contributed by atoms with Crippen LogP contribution in [0, 0.1) is 0 Å². The number of carbonyl (C=O) groups excluding carboxylic acids is 2. The number of nitrogens with one attached hydrogen (secondary N) is 3. The first-order chi connectivity index (χ1) is 21.6. The van der Waals surface area contributed by atoms with Crippen molar-refractivity contribution in [3.05, 3.63) is 102 Å². The van der Waals surface area contributed by atoms with E-state index < -0.39 is 6.03 Å². The quantitative estimate of drug-likeness (QED) is 0.144. The number of hydrogen-bond acceptors (Lipinski definition) is 9. The summed E-state index contributed by atoms with van der Waals surface area (Å²) < 4.78 is 11.0. The maximum absolute atomic E-state index is 12.4. The molecule has 1 aliphatic carbocycles. The van der Waals surface area contributed by atoms with E-state index in [2.05, 4.69) is 66.0 Å². The van der Waals surface area contributed by atoms with Gasteiger partial charge >= 0.3 is 12.0 Å². The van der Waals surface area contributed by atoms with Crippen molar-refractivity contribution in [2.45, 2.75) is 25.7 Å². The van der Waals surface area contributed by atoms with Crippen LogP contribution in [0.25, 0.3) is 27.8 Å². The summed E-state index contributed by atoms with van der Waals surface area (Å²) >= 11 is 1.22. The highest BCUT2D eigenvalue weighted by atomic mass is 32.1. The van der Waals surface area contributed by atoms with E-state index >= 15 is 0 Å². The molecule has 6 rings (SSSR count). The van der Waals surface area contributed by atoms with Gasteiger partial charge in [-0.15, -0.1) is 11.3 Å². The van der Waals surface area contributed by atoms with Crippen LogP contribution in [0.5, 0.6) is 0 Å². The van der Waals surface area contributed by atoms with Crippen molar-refractivity contribution >= 4 is 56.6 Å². The van der Waals surface area contributed by atoms with Gasteiger partial charge in [0.25, 0.3) is 0 Å². The summed E-state index contributed by atoms with van der Waals surface area (Å²) in [7, 11) is 1.33. The van der Waals surface area contributed by atoms with Gasteiger partial charge in [0.15, 0.2) is 5.13 Å². The largest absolute Gasteiger partial charge is 0.469 e. The Balaban J connectivity index is 1.11. The SMILES string of the molecule is COC(=O)Cc1cnc(NC(=O)Nc2ccc(CCNc3ncnc4oc(C5=CC=CCC5)c(-c5ccccc5)c34)cc2)s1. The van der Waals surface area contributed by atoms with Gasteiger partial charge in [-0.05, 0) is 48.1 Å². The monoisotopic (exact) mass is 606 g/mol. The number of methoxy groups -OCH3 is 1. The lowest BCUT2D eigenvalue weighted by Crippen LogP contribution is -2.19. The first kappa shape index (κ1) is 28.8. The number of allylic oxidation sites excluding steroid dienone is 4. The zero-order valence-corrected chi connectivity index (χ0v) is 24.8. The highest BCUT2D eigenvalue weighted by Gasteiger charge is 2.23. The molecule has 3 aromatic heterocycles. The van der Waals surface area contributed by atoms with Gasteiger partial charge in [-0.3, -0.25) is 10.1 Å². The molecule has 11 heteroatoms. The van der Waals surface area contributed by atoms with E-state index in [1.54, 1.807) is 6.20 Å². The van der Waals surface area contributed by atoms with Gasteiger partial charge in [-0.2, -0.15) is 0 Å². The van der Waals surface area contributed by atoms with Gasteiger partial charge in [0, 0.05) is 28.9 Å². The van der Waals surface area contributed by atoms with Crippen molar-refractivity contribution in [1.82, 2.24) is 15.0 Å². The number of thiazole rings is 1. The predicted molar refractivity (Wildman–Crippen MR) is 173 cm³/mol. The second-order valence-corrected chi connectivity index (χ2v) is 11.2. The molecular formula is C33H30N6O4S. The minimum Gasteiger partial charge on any atom is -0.469 e. The molecule has 10 nitrogen and oxygen atoms in total. The molecule has 222 valence electrons. The molecule has 0 saturated carbocycles. The predicted octanol–water partition coefficient (Wildman–Crippen LogP) is 7.09. The van der Waals surface area contributed by atoms with E-state index in [9.17, 15) is 9.59 Å². The Kier molecular flexibility index (Phi) is 8.74. The van der Waals surface area contributed by atoms with Crippen LogP contribution in [0.4, 0.5) is 21.4 Å². The van der Waals surface area contributed by atoms with Crippen LogP contribution in [0.2, 0.25) is 0 Å². The summed E-state index contributed by atoms with van der Waals surface area (Å²) in [6.07, 6.45) is 12.1. The first-order valence-corrected chi connectivity index (χ1v) is 15.0. The molecule has 2 aromatic carbocycles. The van der Waals surface area contributed by atoms with Crippen molar-refractivity contribution in [3.63, 3.8) is 0 Å². The Morgan fingerprint density at radius 3 is 2.64 bits per heavy atom. The van der Waals surface area contributed by atoms with Crippen molar-refractivity contribution in [2.75, 3.05) is 29.6 Å². The Bertz CT molecular complexity index is 1840. The topological polar surface area (TPSA) is 131 Å². The molecule has 0 unspecified atom stereocenters. The molecule has 0 saturated heterocycles. The van der Waals surface area contributed by atoms with Gasteiger partial charge in [-0.1, -0.05) is 60.7 Å². The number of hydrogen-bond donors (Lipinski definition) is 3. The average Bonchev–Trinajstić information content (AvgIpc) is 3.67. The fraction of sp³-hybridized carbons (Fsp3) is 0.182. The standard InChI is InChI=1S/C33H30N6O4S/c1-42-26(40)18-25-19-35-33(44-25)39-32(41)38-24-14-12-21(13-15-24)16-17-34-30-28-27(22-8-4-2-5-9-22)29(23-10-6-3-7-11-23)43-31(28)37-20-36-30/h2-6,8-10,12-15,19-20H,7,11,16-18H2,1H3,(H,34,36,37)(H2,35,38,39,41). The molecule has 2 amide bonds. The van der Waals surface area contributed by atoms with Crippen molar-refractivity contribution in [1.29, 1.82) is 0 Å². The Morgan fingerprint density at radius 1 is 1.02 bits per heavy atom. The molecule has 0 fully saturated rings. The minimum absolute atomic E-state index is 0.114. The van der Waals surface area contributed by atoms with E-state index in [-0.39, 0.29) is 12.4 Å². The third-order valence-corrected chi connectivity index (χ3v) is 8.01. The smallest absolute Gasteiger partial charge is 0.325 e. The number of urea groups is 1. The van der Waals surface area contributed by atoms with Crippen LogP contribution >= 0.6 is 11.3 Å². The van der Waals surface area contributed by atoms with Crippen LogP contribution in [0.15, 0.2) is 89.8 Å². The number of carbonyl (C=O) groups is 2. The number of anilines is 3. The Morgan fingerprint density at radius 2 is 1.86 bits per heavy atom. The molecule has 0 bridgehead atoms. The van der Waals surface area contributed by atoms with Crippen LogP contribution in [0.3, 0.4) is 0 Å². The van der Waals surface area contributed by atoms with Crippen molar-refractivity contribution in [3.8, 4) is 11.1 Å². The second-order valence-electron chi connectivity index (χ2n) is 10.1. The lowest BCUT2D eigenvalue weighted by Gasteiger charge is -2.11. The first-order valence-electron chi connectivity index (χ1n) is 14.2. The number of aromatic nitrogens is 3. The molecule has 44 heavy (non-hydrogen) atoms. The van der Waals surface area contributed by atoms with E-state index in [1.165, 1.54) is 24.8 Å². The number of benzene rings is 2. The Hall–Kier alpha value is -5.29. The molecule has 0 spiro atoms. The van der Waals surface area contributed by atoms with Crippen LogP contribution < -0.4 is 16.0 Å². The summed E-state index contributed by atoms with van der Waals surface area (Å²) in [5.41, 5.74) is 5.49. The molecule has 3 N–H and O–H groups in total. The number of nitrogens with zero attached hydrogens (tertiary/aromatic N) is 3. The van der Waals surface area contributed by atoms with E-state index in [0.29, 0.717) is 28.0 Å². The second kappa shape index (κ2) is 13.3. The van der Waals surface area contributed by atoms with Gasteiger partial charge in [0.05, 0.1) is 18.9 Å². The van der Waals surface area contributed by atoms with Gasteiger partial charge in [-0.25, -0.2) is 19.7 Å². The van der Waals surface area contributed by atoms with E-state index in [4.69, 9.17) is 4.42 Å². The molecule has 0 atom stereocenters. The fourth-order valence-electron chi connectivity index (χ4n) is 4.97. The number of fused-ring (bicyclic) bond motifs is 1. The number of esters is 1. The maximum atomic E-state index is 12.4.